The summed E-state index contributed by atoms with van der Waals surface area (Å²) >= 11 is 1.68. The third kappa shape index (κ3) is 3.22. The molecule has 0 unspecified atom stereocenters. The van der Waals surface area contributed by atoms with Crippen LogP contribution in [-0.2, 0) is 18.3 Å². The number of carbonyl (C=O) groups excluding carboxylic acids is 1. The number of aryl methyl sites for hydroxylation is 1. The topological polar surface area (TPSA) is 63.5 Å². The lowest BCUT2D eigenvalue weighted by atomic mass is 10.1. The number of aromatic nitrogens is 3. The quantitative estimate of drug-likeness (QED) is 0.824. The summed E-state index contributed by atoms with van der Waals surface area (Å²) in [6.07, 6.45) is 5.46. The number of thiazole rings is 1. The van der Waals surface area contributed by atoms with E-state index in [4.69, 9.17) is 4.74 Å². The first kappa shape index (κ1) is 15.7. The largest absolute Gasteiger partial charge is 0.375 e. The molecule has 128 valence electrons. The molecule has 0 aromatic carbocycles. The van der Waals surface area contributed by atoms with E-state index in [0.29, 0.717) is 24.6 Å². The molecule has 2 aromatic heterocycles. The number of likely N-dealkylation sites (tertiary alicyclic amines) is 1. The van der Waals surface area contributed by atoms with Gasteiger partial charge in [-0.05, 0) is 0 Å². The Morgan fingerprint density at radius 3 is 3.08 bits per heavy atom. The monoisotopic (exact) mass is 347 g/mol. The van der Waals surface area contributed by atoms with Crippen LogP contribution >= 0.6 is 11.3 Å². The molecule has 0 N–H and O–H groups in total. The van der Waals surface area contributed by atoms with E-state index in [0.717, 1.165) is 31.2 Å². The number of ether oxygens (including phenoxy) is 1. The van der Waals surface area contributed by atoms with Gasteiger partial charge in [-0.3, -0.25) is 14.4 Å². The molecule has 2 fully saturated rings. The number of rotatable bonds is 3. The van der Waals surface area contributed by atoms with Crippen molar-refractivity contribution in [1.82, 2.24) is 24.6 Å². The van der Waals surface area contributed by atoms with E-state index in [-0.39, 0.29) is 12.0 Å². The van der Waals surface area contributed by atoms with Crippen molar-refractivity contribution < 1.29 is 9.53 Å². The van der Waals surface area contributed by atoms with Gasteiger partial charge in [-0.2, -0.15) is 5.10 Å². The van der Waals surface area contributed by atoms with Crippen LogP contribution in [-0.4, -0.2) is 69.4 Å². The summed E-state index contributed by atoms with van der Waals surface area (Å²) in [6.45, 7) is 4.71. The van der Waals surface area contributed by atoms with Crippen LogP contribution in [0.2, 0.25) is 0 Å². The number of hydrogen-bond donors (Lipinski definition) is 0. The average Bonchev–Trinajstić information content (AvgIpc) is 3.27. The molecule has 0 bridgehead atoms. The van der Waals surface area contributed by atoms with Crippen LogP contribution in [0, 0.1) is 5.92 Å². The average molecular weight is 347 g/mol. The molecule has 2 aliphatic rings. The van der Waals surface area contributed by atoms with Crippen molar-refractivity contribution in [2.75, 3.05) is 32.8 Å². The lowest BCUT2D eigenvalue weighted by molar-refractivity contribution is 0.0501. The van der Waals surface area contributed by atoms with Gasteiger partial charge in [0.15, 0.2) is 0 Å². The Morgan fingerprint density at radius 1 is 1.42 bits per heavy atom. The highest BCUT2D eigenvalue weighted by molar-refractivity contribution is 7.09. The maximum Gasteiger partial charge on any atom is 0.257 e. The van der Waals surface area contributed by atoms with E-state index < -0.39 is 0 Å². The minimum absolute atomic E-state index is 0.0470. The molecule has 4 rings (SSSR count). The van der Waals surface area contributed by atoms with Crippen LogP contribution in [0.3, 0.4) is 0 Å². The van der Waals surface area contributed by atoms with Gasteiger partial charge >= 0.3 is 0 Å². The van der Waals surface area contributed by atoms with Crippen molar-refractivity contribution >= 4 is 17.2 Å². The van der Waals surface area contributed by atoms with E-state index in [1.807, 2.05) is 23.5 Å². The maximum atomic E-state index is 12.7. The van der Waals surface area contributed by atoms with Gasteiger partial charge in [0.05, 0.1) is 31.0 Å². The molecule has 7 nitrogen and oxygen atoms in total. The van der Waals surface area contributed by atoms with E-state index >= 15 is 0 Å². The molecular weight excluding hydrogens is 326 g/mol. The summed E-state index contributed by atoms with van der Waals surface area (Å²) in [5.41, 5.74) is 0.647. The molecule has 2 atom stereocenters. The van der Waals surface area contributed by atoms with Crippen LogP contribution in [0.15, 0.2) is 24.0 Å². The van der Waals surface area contributed by atoms with Gasteiger partial charge in [0.1, 0.15) is 5.01 Å². The van der Waals surface area contributed by atoms with Gasteiger partial charge in [0.2, 0.25) is 0 Å². The van der Waals surface area contributed by atoms with E-state index in [1.165, 1.54) is 0 Å². The number of amides is 1. The van der Waals surface area contributed by atoms with E-state index in [2.05, 4.69) is 15.0 Å². The Morgan fingerprint density at radius 2 is 2.33 bits per heavy atom. The molecule has 1 amide bonds. The molecule has 4 heterocycles. The fraction of sp³-hybridized carbons (Fsp3) is 0.562. The number of hydrogen-bond acceptors (Lipinski definition) is 6. The number of fused-ring (bicyclic) bond motifs is 1. The number of carbonyl (C=O) groups is 1. The lowest BCUT2D eigenvalue weighted by Gasteiger charge is -2.23. The summed E-state index contributed by atoms with van der Waals surface area (Å²) in [5.74, 6) is 0.402. The van der Waals surface area contributed by atoms with Crippen molar-refractivity contribution in [3.8, 4) is 0 Å². The predicted octanol–water partition coefficient (Wildman–Crippen LogP) is 0.850. The van der Waals surface area contributed by atoms with Gasteiger partial charge in [-0.1, -0.05) is 0 Å². The molecule has 0 aliphatic carbocycles. The summed E-state index contributed by atoms with van der Waals surface area (Å²) in [7, 11) is 1.83. The molecule has 2 aromatic rings. The number of nitrogens with zero attached hydrogens (tertiary/aromatic N) is 5. The Balaban J connectivity index is 1.41. The summed E-state index contributed by atoms with van der Waals surface area (Å²) in [5, 5.41) is 7.24. The van der Waals surface area contributed by atoms with Crippen LogP contribution < -0.4 is 0 Å². The normalized spacial score (nSPS) is 24.8. The first-order valence-corrected chi connectivity index (χ1v) is 9.07. The van der Waals surface area contributed by atoms with Crippen molar-refractivity contribution in [1.29, 1.82) is 0 Å². The second-order valence-electron chi connectivity index (χ2n) is 6.44. The second kappa shape index (κ2) is 6.62. The highest BCUT2D eigenvalue weighted by Gasteiger charge is 2.38. The minimum Gasteiger partial charge on any atom is -0.375 e. The SMILES string of the molecule is Cn1cc(C(=O)N2CCO[C@H]3CN(Cc4nccs4)C[C@H]3C2)cn1. The Kier molecular flexibility index (Phi) is 4.34. The van der Waals surface area contributed by atoms with Gasteiger partial charge in [0.25, 0.3) is 5.91 Å². The molecule has 0 spiro atoms. The van der Waals surface area contributed by atoms with E-state index in [9.17, 15) is 4.79 Å². The zero-order valence-corrected chi connectivity index (χ0v) is 14.5. The molecule has 0 saturated carbocycles. The fourth-order valence-electron chi connectivity index (χ4n) is 3.53. The molecule has 2 aliphatic heterocycles. The van der Waals surface area contributed by atoms with Gasteiger partial charge in [-0.15, -0.1) is 11.3 Å². The van der Waals surface area contributed by atoms with Gasteiger partial charge in [0, 0.05) is 56.9 Å². The summed E-state index contributed by atoms with van der Waals surface area (Å²) in [6, 6.07) is 0. The van der Waals surface area contributed by atoms with Crippen LogP contribution in [0.25, 0.3) is 0 Å². The fourth-order valence-corrected chi connectivity index (χ4v) is 4.19. The van der Waals surface area contributed by atoms with Gasteiger partial charge < -0.3 is 9.64 Å². The van der Waals surface area contributed by atoms with Crippen LogP contribution in [0.5, 0.6) is 0 Å². The summed E-state index contributed by atoms with van der Waals surface area (Å²) in [4.78, 5) is 21.3. The van der Waals surface area contributed by atoms with Gasteiger partial charge in [-0.25, -0.2) is 4.98 Å². The molecular formula is C16H21N5O2S. The minimum atomic E-state index is 0.0470. The van der Waals surface area contributed by atoms with E-state index in [1.54, 1.807) is 28.4 Å². The smallest absolute Gasteiger partial charge is 0.257 e. The molecule has 0 radical (unpaired) electrons. The molecule has 8 heteroatoms. The van der Waals surface area contributed by atoms with Crippen molar-refractivity contribution in [2.24, 2.45) is 13.0 Å². The lowest BCUT2D eigenvalue weighted by Crippen LogP contribution is -2.37. The first-order valence-electron chi connectivity index (χ1n) is 8.19. The Labute approximate surface area is 144 Å². The summed E-state index contributed by atoms with van der Waals surface area (Å²) < 4.78 is 7.69. The second-order valence-corrected chi connectivity index (χ2v) is 7.42. The maximum absolute atomic E-state index is 12.7. The van der Waals surface area contributed by atoms with Crippen molar-refractivity contribution in [3.63, 3.8) is 0 Å². The third-order valence-corrected chi connectivity index (χ3v) is 5.45. The Hall–Kier alpha value is -1.77. The standard InChI is InChI=1S/C16H21N5O2S/c1-19-7-12(6-18-19)16(22)21-3-4-23-14-10-20(8-13(14)9-21)11-15-17-2-5-24-15/h2,5-7,13-14H,3-4,8-11H2,1H3/t13-,14-/m0/s1. The molecule has 24 heavy (non-hydrogen) atoms. The predicted molar refractivity (Wildman–Crippen MR) is 89.7 cm³/mol. The van der Waals surface area contributed by atoms with Crippen molar-refractivity contribution in [3.05, 3.63) is 34.5 Å². The van der Waals surface area contributed by atoms with Crippen molar-refractivity contribution in [2.45, 2.75) is 12.6 Å². The van der Waals surface area contributed by atoms with Crippen LogP contribution in [0.1, 0.15) is 15.4 Å². The molecule has 2 saturated heterocycles. The third-order valence-electron chi connectivity index (χ3n) is 4.69. The zero-order valence-electron chi connectivity index (χ0n) is 13.7. The highest BCUT2D eigenvalue weighted by Crippen LogP contribution is 2.26. The highest BCUT2D eigenvalue weighted by atomic mass is 32.1. The Bertz CT molecular complexity index is 701. The van der Waals surface area contributed by atoms with Crippen LogP contribution in [0.4, 0.5) is 0 Å². The zero-order chi connectivity index (χ0) is 16.5. The first-order chi connectivity index (χ1) is 11.7.